The number of carbonyl (C=O) groups excluding carboxylic acids is 3. The van der Waals surface area contributed by atoms with Crippen LogP contribution >= 0.6 is 0 Å². The van der Waals surface area contributed by atoms with E-state index >= 15 is 0 Å². The van der Waals surface area contributed by atoms with Crippen molar-refractivity contribution in [2.75, 3.05) is 6.61 Å². The minimum absolute atomic E-state index is 0.0221. The van der Waals surface area contributed by atoms with Crippen LogP contribution in [0.4, 0.5) is 0 Å². The van der Waals surface area contributed by atoms with E-state index < -0.39 is 118 Å². The highest BCUT2D eigenvalue weighted by atomic mass is 16.5. The van der Waals surface area contributed by atoms with Crippen LogP contribution in [0.25, 0.3) is 0 Å². The molecule has 1 aliphatic heterocycles. The lowest BCUT2D eigenvalue weighted by atomic mass is 9.57. The van der Waals surface area contributed by atoms with Crippen molar-refractivity contribution >= 4 is 17.3 Å². The number of aliphatic hydroxyl groups is 6. The van der Waals surface area contributed by atoms with Crippen LogP contribution in [-0.2, 0) is 23.4 Å². The van der Waals surface area contributed by atoms with Gasteiger partial charge in [-0.1, -0.05) is 24.3 Å². The van der Waals surface area contributed by atoms with Crippen molar-refractivity contribution in [3.05, 3.63) is 116 Å². The third kappa shape index (κ3) is 4.31. The van der Waals surface area contributed by atoms with Crippen LogP contribution in [0.2, 0.25) is 0 Å². The molecule has 0 unspecified atom stereocenters. The molecule has 3 aliphatic rings. The number of hydrogen-bond acceptors (Lipinski definition) is 14. The molecule has 50 heavy (non-hydrogen) atoms. The number of carbonyl (C=O) groups is 3. The number of hydrogen-bond donors (Lipinski definition) is 10. The molecule has 0 saturated carbocycles. The molecule has 0 amide bonds. The van der Waals surface area contributed by atoms with E-state index in [1.807, 2.05) is 0 Å². The molecule has 10 N–H and O–H groups in total. The highest BCUT2D eigenvalue weighted by Gasteiger charge is 2.60. The zero-order valence-corrected chi connectivity index (χ0v) is 25.8. The summed E-state index contributed by atoms with van der Waals surface area (Å²) >= 11 is 0. The number of fused-ring (bicyclic) bond motifs is 4. The number of phenols is 4. The largest absolute Gasteiger partial charge is 0.507 e. The zero-order valence-electron chi connectivity index (χ0n) is 25.8. The fraction of sp³-hybridized carbons (Fsp3) is 0.250. The maximum atomic E-state index is 14.1. The predicted molar refractivity (Wildman–Crippen MR) is 168 cm³/mol. The Morgan fingerprint density at radius 1 is 0.580 bits per heavy atom. The molecule has 0 radical (unpaired) electrons. The SMILES string of the molecule is O=C1c2cc(CO)cc(O)c2C(=O)c2c1ccc([C@@]1([C@@H]3O[C@H](CO)[C@@H](O)[C@H](O)[C@H]3O)c3cccc(O)c3C(=O)c3c(O)cc(CO)cc31)c2O. The van der Waals surface area contributed by atoms with Gasteiger partial charge in [0.1, 0.15) is 53.5 Å². The Kier molecular flexibility index (Phi) is 7.80. The normalized spacial score (nSPS) is 25.5. The molecule has 2 aliphatic carbocycles. The molecule has 14 heteroatoms. The lowest BCUT2D eigenvalue weighted by molar-refractivity contribution is -0.239. The van der Waals surface area contributed by atoms with Crippen LogP contribution in [-0.4, -0.2) is 106 Å². The van der Waals surface area contributed by atoms with E-state index in [4.69, 9.17) is 4.74 Å². The number of ether oxygens (including phenoxy) is 1. The second-order valence-electron chi connectivity index (χ2n) is 12.5. The fourth-order valence-corrected chi connectivity index (χ4v) is 7.71. The minimum Gasteiger partial charge on any atom is -0.507 e. The lowest BCUT2D eigenvalue weighted by Gasteiger charge is -2.52. The summed E-state index contributed by atoms with van der Waals surface area (Å²) in [5.74, 6) is -5.63. The quantitative estimate of drug-likeness (QED) is 0.117. The van der Waals surface area contributed by atoms with Crippen LogP contribution in [0, 0.1) is 0 Å². The molecule has 1 heterocycles. The van der Waals surface area contributed by atoms with Crippen LogP contribution in [0.3, 0.4) is 0 Å². The first-order chi connectivity index (χ1) is 23.8. The molecular weight excluding hydrogens is 656 g/mol. The summed E-state index contributed by atoms with van der Waals surface area (Å²) < 4.78 is 6.10. The number of phenolic OH excluding ortho intramolecular Hbond substituents is 4. The number of rotatable bonds is 5. The Labute approximate surface area is 282 Å². The molecule has 1 saturated heterocycles. The van der Waals surface area contributed by atoms with Gasteiger partial charge in [0, 0.05) is 16.7 Å². The standard InChI is InChI=1S/C36H30O14/c37-10-13-6-16-24(21(41)8-13)31(46)25-15(28(16)43)4-5-18(29(25)44)36(35-34(49)33(48)30(45)23(12-39)50-35)17-2-1-3-20(40)26(17)32(47)27-19(36)7-14(11-38)9-22(27)42/h1-9,23,30,33-35,37-42,44-45,48-49H,10-12H2/t23-,30-,33+,34-,35-,36+/m1/s1. The Bertz CT molecular complexity index is 2140. The highest BCUT2D eigenvalue weighted by molar-refractivity contribution is 6.30. The molecule has 0 bridgehead atoms. The Balaban J connectivity index is 1.64. The van der Waals surface area contributed by atoms with E-state index in [9.17, 15) is 65.4 Å². The lowest BCUT2D eigenvalue weighted by Crippen LogP contribution is -2.65. The van der Waals surface area contributed by atoms with Gasteiger partial charge in [0.2, 0.25) is 11.6 Å². The van der Waals surface area contributed by atoms with Crippen molar-refractivity contribution in [1.29, 1.82) is 0 Å². The van der Waals surface area contributed by atoms with Gasteiger partial charge in [0.05, 0.1) is 47.5 Å². The first-order valence-electron chi connectivity index (χ1n) is 15.4. The monoisotopic (exact) mass is 686 g/mol. The first-order valence-corrected chi connectivity index (χ1v) is 15.4. The van der Waals surface area contributed by atoms with Crippen LogP contribution < -0.4 is 0 Å². The summed E-state index contributed by atoms with van der Waals surface area (Å²) in [4.78, 5) is 42.0. The molecule has 0 spiro atoms. The topological polar surface area (TPSA) is 263 Å². The molecule has 4 aromatic carbocycles. The number of aromatic hydroxyl groups is 4. The molecule has 0 aromatic heterocycles. The molecule has 1 fully saturated rings. The minimum atomic E-state index is -2.33. The van der Waals surface area contributed by atoms with E-state index in [1.54, 1.807) is 0 Å². The van der Waals surface area contributed by atoms with Crippen LogP contribution in [0.15, 0.2) is 54.6 Å². The van der Waals surface area contributed by atoms with Crippen molar-refractivity contribution in [1.82, 2.24) is 0 Å². The highest BCUT2D eigenvalue weighted by Crippen LogP contribution is 2.57. The summed E-state index contributed by atoms with van der Waals surface area (Å²) in [5.41, 5.74) is -5.56. The second-order valence-corrected chi connectivity index (χ2v) is 12.5. The molecule has 7 rings (SSSR count). The second kappa shape index (κ2) is 11.7. The van der Waals surface area contributed by atoms with Gasteiger partial charge in [0.15, 0.2) is 5.78 Å². The zero-order chi connectivity index (χ0) is 36.0. The Morgan fingerprint density at radius 2 is 1.20 bits per heavy atom. The first kappa shape index (κ1) is 33.3. The van der Waals surface area contributed by atoms with E-state index in [0.29, 0.717) is 0 Å². The average molecular weight is 687 g/mol. The third-order valence-corrected chi connectivity index (χ3v) is 9.93. The van der Waals surface area contributed by atoms with Gasteiger partial charge in [-0.15, -0.1) is 0 Å². The van der Waals surface area contributed by atoms with E-state index in [2.05, 4.69) is 0 Å². The molecule has 6 atom stereocenters. The van der Waals surface area contributed by atoms with Gasteiger partial charge in [-0.3, -0.25) is 14.4 Å². The van der Waals surface area contributed by atoms with Crippen molar-refractivity contribution < 1.29 is 70.2 Å². The van der Waals surface area contributed by atoms with Gasteiger partial charge >= 0.3 is 0 Å². The van der Waals surface area contributed by atoms with Crippen molar-refractivity contribution in [2.24, 2.45) is 0 Å². The van der Waals surface area contributed by atoms with E-state index in [1.165, 1.54) is 30.3 Å². The molecule has 14 nitrogen and oxygen atoms in total. The van der Waals surface area contributed by atoms with Crippen molar-refractivity contribution in [2.45, 2.75) is 49.1 Å². The van der Waals surface area contributed by atoms with Gasteiger partial charge in [0.25, 0.3) is 0 Å². The Morgan fingerprint density at radius 3 is 1.86 bits per heavy atom. The molecule has 258 valence electrons. The van der Waals surface area contributed by atoms with Gasteiger partial charge < -0.3 is 55.8 Å². The summed E-state index contributed by atoms with van der Waals surface area (Å²) in [5, 5.41) is 109. The van der Waals surface area contributed by atoms with Crippen LogP contribution in [0.1, 0.15) is 75.6 Å². The number of benzene rings is 4. The number of ketones is 3. The molecule has 4 aromatic rings. The van der Waals surface area contributed by atoms with Gasteiger partial charge in [-0.2, -0.15) is 0 Å². The smallest absolute Gasteiger partial charge is 0.201 e. The summed E-state index contributed by atoms with van der Waals surface area (Å²) in [6, 6.07) is 10.8. The summed E-state index contributed by atoms with van der Waals surface area (Å²) in [7, 11) is 0. The third-order valence-electron chi connectivity index (χ3n) is 9.93. The van der Waals surface area contributed by atoms with Crippen LogP contribution in [0.5, 0.6) is 23.0 Å². The summed E-state index contributed by atoms with van der Waals surface area (Å²) in [6.07, 6.45) is -9.44. The van der Waals surface area contributed by atoms with Crippen molar-refractivity contribution in [3.8, 4) is 23.0 Å². The van der Waals surface area contributed by atoms with Gasteiger partial charge in [-0.05, 0) is 52.6 Å². The molecular formula is C36H30O14. The van der Waals surface area contributed by atoms with Gasteiger partial charge in [-0.25, -0.2) is 0 Å². The summed E-state index contributed by atoms with van der Waals surface area (Å²) in [6.45, 7) is -2.15. The van der Waals surface area contributed by atoms with E-state index in [0.717, 1.165) is 24.3 Å². The fourth-order valence-electron chi connectivity index (χ4n) is 7.71. The Hall–Kier alpha value is -5.19. The maximum absolute atomic E-state index is 14.1. The maximum Gasteiger partial charge on any atom is 0.201 e. The van der Waals surface area contributed by atoms with Crippen molar-refractivity contribution in [3.63, 3.8) is 0 Å². The predicted octanol–water partition coefficient (Wildman–Crippen LogP) is -0.00980. The van der Waals surface area contributed by atoms with E-state index in [-0.39, 0.29) is 38.9 Å². The number of aliphatic hydroxyl groups excluding tert-OH is 6. The average Bonchev–Trinajstić information content (AvgIpc) is 3.10.